The number of nitrogens with zero attached hydrogens (tertiary/aromatic N) is 4. The van der Waals surface area contributed by atoms with Gasteiger partial charge in [0.05, 0.1) is 6.33 Å². The summed E-state index contributed by atoms with van der Waals surface area (Å²) in [5.74, 6) is 0.903. The second-order valence-electron chi connectivity index (χ2n) is 3.98. The Balaban J connectivity index is 1.63. The molecule has 0 aliphatic carbocycles. The number of rotatable bonds is 6. The Hall–Kier alpha value is -1.91. The molecule has 2 aromatic rings. The van der Waals surface area contributed by atoms with Crippen LogP contribution in [0.15, 0.2) is 31.1 Å². The molecule has 17 heavy (non-hydrogen) atoms. The number of aryl methyl sites for hydroxylation is 2. The van der Waals surface area contributed by atoms with Crippen molar-refractivity contribution >= 4 is 5.82 Å². The fourth-order valence-electron chi connectivity index (χ4n) is 1.61. The van der Waals surface area contributed by atoms with Gasteiger partial charge in [0.1, 0.15) is 12.1 Å². The van der Waals surface area contributed by atoms with Crippen molar-refractivity contribution in [2.24, 2.45) is 0 Å². The van der Waals surface area contributed by atoms with Crippen molar-refractivity contribution in [2.45, 2.75) is 26.3 Å². The number of hydrogen-bond donors (Lipinski definition) is 1. The number of imidazole rings is 1. The molecule has 0 amide bonds. The van der Waals surface area contributed by atoms with E-state index in [0.717, 1.165) is 37.4 Å². The number of anilines is 1. The highest BCUT2D eigenvalue weighted by Crippen LogP contribution is 2.03. The Morgan fingerprint density at radius 1 is 1.29 bits per heavy atom. The Morgan fingerprint density at radius 2 is 2.24 bits per heavy atom. The van der Waals surface area contributed by atoms with Crippen LogP contribution >= 0.6 is 0 Å². The molecule has 0 bridgehead atoms. The fourth-order valence-corrected chi connectivity index (χ4v) is 1.61. The number of unbranched alkanes of at least 4 members (excludes halogenated alkanes) is 1. The largest absolute Gasteiger partial charge is 0.370 e. The molecule has 0 atom stereocenters. The third-order valence-corrected chi connectivity index (χ3v) is 2.51. The van der Waals surface area contributed by atoms with Crippen LogP contribution in [0.25, 0.3) is 0 Å². The normalized spacial score (nSPS) is 10.4. The monoisotopic (exact) mass is 231 g/mol. The van der Waals surface area contributed by atoms with Crippen molar-refractivity contribution in [1.29, 1.82) is 0 Å². The van der Waals surface area contributed by atoms with Gasteiger partial charge in [-0.3, -0.25) is 0 Å². The molecule has 0 fully saturated rings. The van der Waals surface area contributed by atoms with Gasteiger partial charge in [0, 0.05) is 37.2 Å². The first-order chi connectivity index (χ1) is 8.34. The lowest BCUT2D eigenvalue weighted by Gasteiger charge is -2.06. The summed E-state index contributed by atoms with van der Waals surface area (Å²) >= 11 is 0. The molecule has 0 saturated heterocycles. The van der Waals surface area contributed by atoms with E-state index in [1.54, 1.807) is 6.33 Å². The first-order valence-electron chi connectivity index (χ1n) is 5.83. The molecule has 0 aliphatic rings. The first kappa shape index (κ1) is 11.6. The molecule has 1 N–H and O–H groups in total. The summed E-state index contributed by atoms with van der Waals surface area (Å²) in [5.41, 5.74) is 0.987. The quantitative estimate of drug-likeness (QED) is 0.771. The SMILES string of the molecule is Cc1cc(NCCCCn2ccnc2)ncn1. The minimum absolute atomic E-state index is 0.903. The van der Waals surface area contributed by atoms with Crippen LogP contribution in [0.3, 0.4) is 0 Å². The second kappa shape index (κ2) is 5.98. The van der Waals surface area contributed by atoms with Crippen molar-refractivity contribution in [3.63, 3.8) is 0 Å². The lowest BCUT2D eigenvalue weighted by atomic mass is 10.3. The Morgan fingerprint density at radius 3 is 3.00 bits per heavy atom. The molecule has 90 valence electrons. The molecule has 2 aromatic heterocycles. The van der Waals surface area contributed by atoms with Gasteiger partial charge in [0.2, 0.25) is 0 Å². The maximum absolute atomic E-state index is 4.15. The summed E-state index contributed by atoms with van der Waals surface area (Å²) < 4.78 is 2.09. The van der Waals surface area contributed by atoms with Crippen LogP contribution in [0.2, 0.25) is 0 Å². The Bertz CT molecular complexity index is 438. The van der Waals surface area contributed by atoms with Crippen LogP contribution in [-0.2, 0) is 6.54 Å². The van der Waals surface area contributed by atoms with Crippen molar-refractivity contribution in [1.82, 2.24) is 19.5 Å². The summed E-state index contributed by atoms with van der Waals surface area (Å²) in [6.45, 7) is 3.92. The average molecular weight is 231 g/mol. The molecule has 0 aromatic carbocycles. The maximum atomic E-state index is 4.15. The van der Waals surface area contributed by atoms with Crippen molar-refractivity contribution in [2.75, 3.05) is 11.9 Å². The van der Waals surface area contributed by atoms with Gasteiger partial charge in [0.15, 0.2) is 0 Å². The minimum atomic E-state index is 0.903. The van der Waals surface area contributed by atoms with Gasteiger partial charge < -0.3 is 9.88 Å². The van der Waals surface area contributed by atoms with E-state index in [-0.39, 0.29) is 0 Å². The lowest BCUT2D eigenvalue weighted by molar-refractivity contribution is 0.620. The van der Waals surface area contributed by atoms with Gasteiger partial charge in [-0.25, -0.2) is 15.0 Å². The van der Waals surface area contributed by atoms with Crippen LogP contribution in [-0.4, -0.2) is 26.1 Å². The maximum Gasteiger partial charge on any atom is 0.129 e. The van der Waals surface area contributed by atoms with E-state index >= 15 is 0 Å². The van der Waals surface area contributed by atoms with Crippen LogP contribution in [0.1, 0.15) is 18.5 Å². The van der Waals surface area contributed by atoms with Crippen LogP contribution in [0.4, 0.5) is 5.82 Å². The number of aromatic nitrogens is 4. The van der Waals surface area contributed by atoms with Gasteiger partial charge in [0.25, 0.3) is 0 Å². The third kappa shape index (κ3) is 3.86. The Kier molecular flexibility index (Phi) is 4.07. The molecule has 0 saturated carbocycles. The van der Waals surface area contributed by atoms with E-state index in [1.807, 2.05) is 31.7 Å². The molecular weight excluding hydrogens is 214 g/mol. The summed E-state index contributed by atoms with van der Waals surface area (Å²) in [6.07, 6.45) is 9.47. The van der Waals surface area contributed by atoms with Gasteiger partial charge in [-0.05, 0) is 19.8 Å². The predicted octanol–water partition coefficient (Wildman–Crippen LogP) is 1.87. The van der Waals surface area contributed by atoms with E-state index in [4.69, 9.17) is 0 Å². The molecule has 5 heteroatoms. The average Bonchev–Trinajstić information content (AvgIpc) is 2.82. The van der Waals surface area contributed by atoms with Gasteiger partial charge in [-0.15, -0.1) is 0 Å². The molecule has 0 aliphatic heterocycles. The van der Waals surface area contributed by atoms with Gasteiger partial charge in [-0.1, -0.05) is 0 Å². The first-order valence-corrected chi connectivity index (χ1v) is 5.83. The smallest absolute Gasteiger partial charge is 0.129 e. The fraction of sp³-hybridized carbons (Fsp3) is 0.417. The zero-order valence-corrected chi connectivity index (χ0v) is 10.0. The molecule has 0 unspecified atom stereocenters. The van der Waals surface area contributed by atoms with E-state index in [2.05, 4.69) is 24.8 Å². The van der Waals surface area contributed by atoms with E-state index in [0.29, 0.717) is 0 Å². The molecule has 2 heterocycles. The topological polar surface area (TPSA) is 55.6 Å². The van der Waals surface area contributed by atoms with Gasteiger partial charge >= 0.3 is 0 Å². The summed E-state index contributed by atoms with van der Waals surface area (Å²) in [7, 11) is 0. The van der Waals surface area contributed by atoms with Crippen LogP contribution < -0.4 is 5.32 Å². The van der Waals surface area contributed by atoms with E-state index < -0.39 is 0 Å². The van der Waals surface area contributed by atoms with Crippen LogP contribution in [0.5, 0.6) is 0 Å². The van der Waals surface area contributed by atoms with Crippen molar-refractivity contribution < 1.29 is 0 Å². The minimum Gasteiger partial charge on any atom is -0.370 e. The summed E-state index contributed by atoms with van der Waals surface area (Å²) in [6, 6.07) is 1.95. The van der Waals surface area contributed by atoms with Crippen molar-refractivity contribution in [3.05, 3.63) is 36.8 Å². The predicted molar refractivity (Wildman–Crippen MR) is 66.7 cm³/mol. The molecule has 0 spiro atoms. The molecule has 0 radical (unpaired) electrons. The summed E-state index contributed by atoms with van der Waals surface area (Å²) in [5, 5.41) is 3.29. The molecule has 2 rings (SSSR count). The molecular formula is C12H17N5. The van der Waals surface area contributed by atoms with Crippen LogP contribution in [0, 0.1) is 6.92 Å². The van der Waals surface area contributed by atoms with E-state index in [9.17, 15) is 0 Å². The highest BCUT2D eigenvalue weighted by molar-refractivity contribution is 5.33. The standard InChI is InChI=1S/C12H17N5/c1-11-8-12(16-9-15-11)14-4-2-3-6-17-7-5-13-10-17/h5,7-10H,2-4,6H2,1H3,(H,14,15,16). The Labute approximate surface area is 101 Å². The number of nitrogens with one attached hydrogen (secondary N) is 1. The number of hydrogen-bond acceptors (Lipinski definition) is 4. The van der Waals surface area contributed by atoms with Gasteiger partial charge in [-0.2, -0.15) is 0 Å². The second-order valence-corrected chi connectivity index (χ2v) is 3.98. The zero-order valence-electron chi connectivity index (χ0n) is 10.0. The molecule has 5 nitrogen and oxygen atoms in total. The van der Waals surface area contributed by atoms with Crippen molar-refractivity contribution in [3.8, 4) is 0 Å². The lowest BCUT2D eigenvalue weighted by Crippen LogP contribution is -2.05. The summed E-state index contributed by atoms with van der Waals surface area (Å²) in [4.78, 5) is 12.2. The third-order valence-electron chi connectivity index (χ3n) is 2.51. The zero-order chi connectivity index (χ0) is 11.9. The van der Waals surface area contributed by atoms with E-state index in [1.165, 1.54) is 0 Å². The highest BCUT2D eigenvalue weighted by atomic mass is 15.0. The highest BCUT2D eigenvalue weighted by Gasteiger charge is 1.95.